The fraction of sp³-hybridized carbons (Fsp3) is 0.556. The summed E-state index contributed by atoms with van der Waals surface area (Å²) in [6, 6.07) is 9.15. The fourth-order valence-corrected chi connectivity index (χ4v) is 2.48. The second-order valence-corrected chi connectivity index (χ2v) is 6.27. The minimum atomic E-state index is -1.63. The molecule has 0 bridgehead atoms. The smallest absolute Gasteiger partial charge is 0.408 e. The Labute approximate surface area is 147 Å². The monoisotopic (exact) mass is 351 g/mol. The molecule has 1 amide bonds. The summed E-state index contributed by atoms with van der Waals surface area (Å²) in [5.74, 6) is -1.20. The Morgan fingerprint density at radius 2 is 2.08 bits per heavy atom. The summed E-state index contributed by atoms with van der Waals surface area (Å²) in [7, 11) is 0. The van der Waals surface area contributed by atoms with Gasteiger partial charge < -0.3 is 24.6 Å². The summed E-state index contributed by atoms with van der Waals surface area (Å²) >= 11 is 0. The maximum Gasteiger partial charge on any atom is 0.408 e. The van der Waals surface area contributed by atoms with Gasteiger partial charge in [0.2, 0.25) is 0 Å². The van der Waals surface area contributed by atoms with Gasteiger partial charge in [-0.2, -0.15) is 0 Å². The number of aliphatic carboxylic acids is 1. The molecule has 0 aromatic heterocycles. The average molecular weight is 351 g/mol. The molecule has 0 radical (unpaired) electrons. The predicted molar refractivity (Wildman–Crippen MR) is 89.9 cm³/mol. The zero-order valence-corrected chi connectivity index (χ0v) is 14.6. The van der Waals surface area contributed by atoms with Gasteiger partial charge in [0.15, 0.2) is 11.8 Å². The van der Waals surface area contributed by atoms with Gasteiger partial charge >= 0.3 is 12.1 Å². The van der Waals surface area contributed by atoms with Crippen molar-refractivity contribution >= 4 is 12.1 Å². The lowest BCUT2D eigenvalue weighted by molar-refractivity contribution is -0.202. The summed E-state index contributed by atoms with van der Waals surface area (Å²) in [4.78, 5) is 23.8. The summed E-state index contributed by atoms with van der Waals surface area (Å²) in [6.07, 6.45) is 0.580. The molecule has 1 aromatic rings. The van der Waals surface area contributed by atoms with Gasteiger partial charge in [-0.15, -0.1) is 0 Å². The lowest BCUT2D eigenvalue weighted by Gasteiger charge is -2.35. The topological polar surface area (TPSA) is 94.1 Å². The Hall–Kier alpha value is -2.12. The van der Waals surface area contributed by atoms with E-state index in [4.69, 9.17) is 14.2 Å². The zero-order chi connectivity index (χ0) is 18.3. The van der Waals surface area contributed by atoms with Crippen LogP contribution in [0.2, 0.25) is 0 Å². The predicted octanol–water partition coefficient (Wildman–Crippen LogP) is 2.69. The number of carbonyl (C=O) groups excluding carboxylic acids is 1. The SMILES string of the molecule is C[C@H](OC1CCCCO1)[C@](C)(NC(=O)OCc1ccccc1)C(=O)O. The van der Waals surface area contributed by atoms with E-state index in [2.05, 4.69) is 5.32 Å². The number of benzene rings is 1. The van der Waals surface area contributed by atoms with Crippen molar-refractivity contribution in [3.05, 3.63) is 35.9 Å². The second-order valence-electron chi connectivity index (χ2n) is 6.27. The summed E-state index contributed by atoms with van der Waals surface area (Å²) in [5.41, 5.74) is -0.816. The first kappa shape index (κ1) is 19.2. The van der Waals surface area contributed by atoms with Crippen LogP contribution in [0.5, 0.6) is 0 Å². The number of carboxylic acid groups (broad SMARTS) is 1. The van der Waals surface area contributed by atoms with Crippen LogP contribution >= 0.6 is 0 Å². The molecule has 25 heavy (non-hydrogen) atoms. The highest BCUT2D eigenvalue weighted by Gasteiger charge is 2.43. The lowest BCUT2D eigenvalue weighted by Crippen LogP contribution is -2.60. The van der Waals surface area contributed by atoms with Crippen LogP contribution in [0.15, 0.2) is 30.3 Å². The molecular weight excluding hydrogens is 326 g/mol. The van der Waals surface area contributed by atoms with E-state index >= 15 is 0 Å². The van der Waals surface area contributed by atoms with Crippen molar-refractivity contribution in [2.75, 3.05) is 6.61 Å². The van der Waals surface area contributed by atoms with E-state index in [1.807, 2.05) is 30.3 Å². The lowest BCUT2D eigenvalue weighted by atomic mass is 9.96. The third-order valence-electron chi connectivity index (χ3n) is 4.33. The van der Waals surface area contributed by atoms with Gasteiger partial charge in [-0.25, -0.2) is 9.59 Å². The highest BCUT2D eigenvalue weighted by atomic mass is 16.7. The number of carbonyl (C=O) groups is 2. The van der Waals surface area contributed by atoms with E-state index in [-0.39, 0.29) is 6.61 Å². The second kappa shape index (κ2) is 8.82. The third-order valence-corrected chi connectivity index (χ3v) is 4.33. The number of amides is 1. The molecule has 138 valence electrons. The molecule has 1 aliphatic heterocycles. The van der Waals surface area contributed by atoms with Crippen molar-refractivity contribution < 1.29 is 28.9 Å². The van der Waals surface area contributed by atoms with Crippen molar-refractivity contribution in [2.24, 2.45) is 0 Å². The molecule has 7 heteroatoms. The zero-order valence-electron chi connectivity index (χ0n) is 14.6. The molecule has 1 heterocycles. The number of carboxylic acids is 1. The van der Waals surface area contributed by atoms with Crippen molar-refractivity contribution in [1.29, 1.82) is 0 Å². The molecule has 1 unspecified atom stereocenters. The van der Waals surface area contributed by atoms with Crippen molar-refractivity contribution in [1.82, 2.24) is 5.32 Å². The fourth-order valence-electron chi connectivity index (χ4n) is 2.48. The minimum Gasteiger partial charge on any atom is -0.479 e. The average Bonchev–Trinajstić information content (AvgIpc) is 2.61. The summed E-state index contributed by atoms with van der Waals surface area (Å²) in [6.45, 7) is 3.65. The van der Waals surface area contributed by atoms with E-state index in [1.165, 1.54) is 6.92 Å². The van der Waals surface area contributed by atoms with Gasteiger partial charge in [-0.1, -0.05) is 30.3 Å². The number of hydrogen-bond acceptors (Lipinski definition) is 5. The molecule has 0 saturated carbocycles. The summed E-state index contributed by atoms with van der Waals surface area (Å²) < 4.78 is 16.3. The Balaban J connectivity index is 1.92. The first-order valence-corrected chi connectivity index (χ1v) is 8.41. The maximum atomic E-state index is 12.0. The Morgan fingerprint density at radius 1 is 1.36 bits per heavy atom. The molecule has 0 aliphatic carbocycles. The number of hydrogen-bond donors (Lipinski definition) is 2. The van der Waals surface area contributed by atoms with Crippen molar-refractivity contribution in [2.45, 2.75) is 57.6 Å². The van der Waals surface area contributed by atoms with Crippen LogP contribution in [-0.2, 0) is 25.6 Å². The standard InChI is InChI=1S/C18H25NO6/c1-13(25-15-10-6-7-11-23-15)18(2,16(20)21)19-17(22)24-12-14-8-4-3-5-9-14/h3-5,8-9,13,15H,6-7,10-12H2,1-2H3,(H,19,22)(H,20,21)/t13-,15?,18-/m0/s1. The molecule has 7 nitrogen and oxygen atoms in total. The highest BCUT2D eigenvalue weighted by molar-refractivity contribution is 5.84. The maximum absolute atomic E-state index is 12.0. The molecule has 3 atom stereocenters. The van der Waals surface area contributed by atoms with Crippen LogP contribution in [0.3, 0.4) is 0 Å². The van der Waals surface area contributed by atoms with Crippen LogP contribution in [0.1, 0.15) is 38.7 Å². The van der Waals surface area contributed by atoms with Crippen LogP contribution in [0.4, 0.5) is 4.79 Å². The Morgan fingerprint density at radius 3 is 2.68 bits per heavy atom. The van der Waals surface area contributed by atoms with E-state index in [1.54, 1.807) is 6.92 Å². The van der Waals surface area contributed by atoms with Crippen LogP contribution < -0.4 is 5.32 Å². The third kappa shape index (κ3) is 5.44. The van der Waals surface area contributed by atoms with Gasteiger partial charge in [-0.05, 0) is 38.7 Å². The van der Waals surface area contributed by atoms with Crippen LogP contribution in [0, 0.1) is 0 Å². The Kier molecular flexibility index (Phi) is 6.78. The number of ether oxygens (including phenoxy) is 3. The minimum absolute atomic E-state index is 0.0589. The number of rotatable bonds is 7. The van der Waals surface area contributed by atoms with Gasteiger partial charge in [0.25, 0.3) is 0 Å². The molecule has 1 aromatic carbocycles. The number of nitrogens with one attached hydrogen (secondary N) is 1. The molecule has 1 saturated heterocycles. The largest absolute Gasteiger partial charge is 0.479 e. The molecule has 1 fully saturated rings. The van der Waals surface area contributed by atoms with Crippen LogP contribution in [0.25, 0.3) is 0 Å². The van der Waals surface area contributed by atoms with Crippen molar-refractivity contribution in [3.63, 3.8) is 0 Å². The first-order chi connectivity index (χ1) is 11.9. The van der Waals surface area contributed by atoms with Gasteiger partial charge in [0, 0.05) is 6.61 Å². The van der Waals surface area contributed by atoms with E-state index in [0.717, 1.165) is 18.4 Å². The van der Waals surface area contributed by atoms with Gasteiger partial charge in [-0.3, -0.25) is 0 Å². The molecular formula is C18H25NO6. The normalized spacial score (nSPS) is 21.0. The van der Waals surface area contributed by atoms with E-state index in [9.17, 15) is 14.7 Å². The Bertz CT molecular complexity index is 572. The summed E-state index contributed by atoms with van der Waals surface area (Å²) in [5, 5.41) is 12.0. The van der Waals surface area contributed by atoms with Gasteiger partial charge in [0.05, 0.1) is 6.10 Å². The molecule has 2 N–H and O–H groups in total. The molecule has 0 spiro atoms. The van der Waals surface area contributed by atoms with Gasteiger partial charge in [0.1, 0.15) is 6.61 Å². The molecule has 2 rings (SSSR count). The van der Waals surface area contributed by atoms with E-state index in [0.29, 0.717) is 13.0 Å². The van der Waals surface area contributed by atoms with Crippen molar-refractivity contribution in [3.8, 4) is 0 Å². The first-order valence-electron chi connectivity index (χ1n) is 8.41. The quantitative estimate of drug-likeness (QED) is 0.784. The van der Waals surface area contributed by atoms with E-state index < -0.39 is 30.0 Å². The highest BCUT2D eigenvalue weighted by Crippen LogP contribution is 2.21. The molecule has 1 aliphatic rings. The number of alkyl carbamates (subject to hydrolysis) is 1. The van der Waals surface area contributed by atoms with Crippen LogP contribution in [-0.4, -0.2) is 41.7 Å².